The van der Waals surface area contributed by atoms with E-state index in [0.29, 0.717) is 66.7 Å². The lowest BCUT2D eigenvalue weighted by Crippen LogP contribution is -2.42. The molecule has 3 N–H and O–H groups in total. The van der Waals surface area contributed by atoms with Gasteiger partial charge in [-0.3, -0.25) is 14.7 Å². The lowest BCUT2D eigenvalue weighted by atomic mass is 9.71. The number of nitrogens with two attached hydrogens (primary N) is 1. The maximum atomic E-state index is 15.9. The predicted molar refractivity (Wildman–Crippen MR) is 141 cm³/mol. The van der Waals surface area contributed by atoms with Crippen LogP contribution in [0.4, 0.5) is 17.6 Å². The molecule has 0 unspecified atom stereocenters. The van der Waals surface area contributed by atoms with Gasteiger partial charge in [-0.2, -0.15) is 0 Å². The minimum absolute atomic E-state index is 0.0765. The smallest absolute Gasteiger partial charge is 0.303 e. The molecule has 0 saturated carbocycles. The Morgan fingerprint density at radius 1 is 1.15 bits per heavy atom. The van der Waals surface area contributed by atoms with E-state index in [4.69, 9.17) is 15.2 Å². The quantitative estimate of drug-likeness (QED) is 0.220. The highest BCUT2D eigenvalue weighted by Crippen LogP contribution is 2.43. The number of carboxylic acid groups (broad SMARTS) is 1. The number of aromatic nitrogens is 1. The third kappa shape index (κ3) is 6.82. The maximum Gasteiger partial charge on any atom is 0.303 e. The number of rotatable bonds is 12. The summed E-state index contributed by atoms with van der Waals surface area (Å²) in [6.07, 6.45) is 1.72. The van der Waals surface area contributed by atoms with Crippen molar-refractivity contribution < 1.29 is 36.9 Å². The molecule has 0 bridgehead atoms. The molecule has 40 heavy (non-hydrogen) atoms. The number of alkyl halides is 1. The van der Waals surface area contributed by atoms with Crippen molar-refractivity contribution >= 4 is 16.9 Å². The molecule has 0 spiro atoms. The van der Waals surface area contributed by atoms with E-state index in [1.807, 2.05) is 0 Å². The van der Waals surface area contributed by atoms with Gasteiger partial charge in [0.1, 0.15) is 24.3 Å². The minimum Gasteiger partial charge on any atom is -0.497 e. The van der Waals surface area contributed by atoms with E-state index in [1.54, 1.807) is 24.4 Å². The second kappa shape index (κ2) is 12.8. The molecular formula is C29H33F4N3O4. The number of ether oxygens (including phenoxy) is 2. The zero-order chi connectivity index (χ0) is 28.9. The summed E-state index contributed by atoms with van der Waals surface area (Å²) in [6.45, 7) is 1.78. The van der Waals surface area contributed by atoms with Gasteiger partial charge in [-0.15, -0.1) is 0 Å². The topological polar surface area (TPSA) is 97.9 Å². The first kappa shape index (κ1) is 29.5. The van der Waals surface area contributed by atoms with E-state index in [-0.39, 0.29) is 31.7 Å². The fraction of sp³-hybridized carbons (Fsp3) is 0.448. The fourth-order valence-corrected chi connectivity index (χ4v) is 5.47. The van der Waals surface area contributed by atoms with E-state index in [0.717, 1.165) is 12.1 Å². The highest BCUT2D eigenvalue weighted by molar-refractivity contribution is 5.85. The summed E-state index contributed by atoms with van der Waals surface area (Å²) in [5.74, 6) is -4.67. The van der Waals surface area contributed by atoms with Crippen LogP contribution in [-0.2, 0) is 11.3 Å². The minimum atomic E-state index is -1.55. The molecule has 4 rings (SSSR count). The van der Waals surface area contributed by atoms with Gasteiger partial charge >= 0.3 is 5.97 Å². The lowest BCUT2D eigenvalue weighted by molar-refractivity contribution is -0.141. The summed E-state index contributed by atoms with van der Waals surface area (Å²) >= 11 is 0. The number of piperidine rings is 1. The number of hydrogen-bond acceptors (Lipinski definition) is 6. The number of fused-ring (bicyclic) bond motifs is 1. The van der Waals surface area contributed by atoms with Crippen LogP contribution >= 0.6 is 0 Å². The molecule has 3 aromatic rings. The Morgan fingerprint density at radius 3 is 2.48 bits per heavy atom. The van der Waals surface area contributed by atoms with Gasteiger partial charge in [0.25, 0.3) is 0 Å². The average molecular weight is 564 g/mol. The van der Waals surface area contributed by atoms with E-state index in [9.17, 15) is 23.1 Å². The molecular weight excluding hydrogens is 530 g/mol. The summed E-state index contributed by atoms with van der Waals surface area (Å²) in [5, 5.41) is 10.3. The maximum absolute atomic E-state index is 15.9. The highest BCUT2D eigenvalue weighted by Gasteiger charge is 2.37. The number of benzene rings is 2. The molecule has 0 aliphatic carbocycles. The van der Waals surface area contributed by atoms with Crippen LogP contribution in [0.25, 0.3) is 10.9 Å². The van der Waals surface area contributed by atoms with Crippen LogP contribution in [0.2, 0.25) is 0 Å². The largest absolute Gasteiger partial charge is 0.497 e. The molecule has 1 saturated heterocycles. The predicted octanol–water partition coefficient (Wildman–Crippen LogP) is 5.55. The Hall–Kier alpha value is -3.44. The lowest BCUT2D eigenvalue weighted by Gasteiger charge is -2.41. The van der Waals surface area contributed by atoms with Crippen molar-refractivity contribution in [1.29, 1.82) is 0 Å². The monoisotopic (exact) mass is 563 g/mol. The van der Waals surface area contributed by atoms with Crippen LogP contribution < -0.4 is 15.2 Å². The van der Waals surface area contributed by atoms with E-state index >= 15 is 4.39 Å². The Morgan fingerprint density at radius 2 is 1.85 bits per heavy atom. The normalized spacial score (nSPS) is 16.1. The first-order valence-electron chi connectivity index (χ1n) is 13.2. The summed E-state index contributed by atoms with van der Waals surface area (Å²) in [6, 6.07) is 6.84. The fourth-order valence-electron chi connectivity index (χ4n) is 5.47. The number of pyridine rings is 1. The van der Waals surface area contributed by atoms with Crippen molar-refractivity contribution in [3.05, 3.63) is 65.1 Å². The molecule has 1 aromatic heterocycles. The Kier molecular flexibility index (Phi) is 9.47. The molecule has 1 atom stereocenters. The molecule has 1 aliphatic rings. The Bertz CT molecular complexity index is 1320. The third-order valence-corrected chi connectivity index (χ3v) is 7.74. The van der Waals surface area contributed by atoms with Crippen LogP contribution in [-0.4, -0.2) is 54.3 Å². The molecule has 7 nitrogen and oxygen atoms in total. The van der Waals surface area contributed by atoms with Crippen molar-refractivity contribution in [3.8, 4) is 11.5 Å². The van der Waals surface area contributed by atoms with Crippen molar-refractivity contribution in [2.75, 3.05) is 33.4 Å². The first-order valence-corrected chi connectivity index (χ1v) is 13.2. The highest BCUT2D eigenvalue weighted by atomic mass is 19.2. The first-order chi connectivity index (χ1) is 19.1. The van der Waals surface area contributed by atoms with Gasteiger partial charge in [0.05, 0.1) is 19.0 Å². The van der Waals surface area contributed by atoms with Gasteiger partial charge in [-0.25, -0.2) is 17.6 Å². The van der Waals surface area contributed by atoms with E-state index < -0.39 is 35.0 Å². The number of nitrogens with zero attached hydrogens (tertiary/aromatic N) is 2. The van der Waals surface area contributed by atoms with Gasteiger partial charge in [0, 0.05) is 42.4 Å². The molecule has 1 fully saturated rings. The van der Waals surface area contributed by atoms with E-state index in [2.05, 4.69) is 9.88 Å². The van der Waals surface area contributed by atoms with Crippen molar-refractivity contribution in [2.24, 2.45) is 11.1 Å². The van der Waals surface area contributed by atoms with Gasteiger partial charge in [-0.05, 0) is 68.0 Å². The Balaban J connectivity index is 1.40. The second-order valence-electron chi connectivity index (χ2n) is 10.3. The number of halogens is 4. The number of methoxy groups -OCH3 is 1. The van der Waals surface area contributed by atoms with Crippen molar-refractivity contribution in [1.82, 2.24) is 9.88 Å². The van der Waals surface area contributed by atoms with Gasteiger partial charge in [0.2, 0.25) is 0 Å². The van der Waals surface area contributed by atoms with E-state index in [1.165, 1.54) is 7.11 Å². The molecule has 11 heteroatoms. The van der Waals surface area contributed by atoms with Crippen molar-refractivity contribution in [2.45, 2.75) is 44.8 Å². The number of likely N-dealkylation sites (tertiary alicyclic amines) is 1. The summed E-state index contributed by atoms with van der Waals surface area (Å²) in [4.78, 5) is 18.2. The molecule has 0 amide bonds. The number of carboxylic acids is 1. The average Bonchev–Trinajstić information content (AvgIpc) is 2.94. The summed E-state index contributed by atoms with van der Waals surface area (Å²) in [7, 11) is 1.53. The van der Waals surface area contributed by atoms with Crippen LogP contribution in [0.1, 0.15) is 49.4 Å². The zero-order valence-electron chi connectivity index (χ0n) is 22.3. The number of aliphatic carboxylic acids is 1. The van der Waals surface area contributed by atoms with Crippen LogP contribution in [0.5, 0.6) is 11.5 Å². The molecule has 2 aromatic carbocycles. The molecule has 0 radical (unpaired) electrons. The number of carbonyl (C=O) groups is 1. The zero-order valence-corrected chi connectivity index (χ0v) is 22.3. The van der Waals surface area contributed by atoms with Crippen molar-refractivity contribution in [3.63, 3.8) is 0 Å². The summed E-state index contributed by atoms with van der Waals surface area (Å²) in [5.41, 5.74) is 7.00. The molecule has 1 aliphatic heterocycles. The van der Waals surface area contributed by atoms with Gasteiger partial charge in [0.15, 0.2) is 17.5 Å². The third-order valence-electron chi connectivity index (χ3n) is 7.74. The standard InChI is InChI=1S/C29H33F4N3O4/c1-39-19-2-3-25-21(12-19)27(18(16-34)17-35-25)22(30)4-5-29(15-26(37)38)6-8-36(9-7-29)10-11-40-20-13-23(31)28(33)24(32)14-20/h2-3,12-14,17,22H,4-11,15-16,34H2,1H3,(H,37,38)/t22-/m1/s1. The summed E-state index contributed by atoms with van der Waals surface area (Å²) < 4.78 is 66.6. The second-order valence-corrected chi connectivity index (χ2v) is 10.3. The Labute approximate surface area is 229 Å². The van der Waals surface area contributed by atoms with Crippen LogP contribution in [0, 0.1) is 22.9 Å². The number of hydrogen-bond donors (Lipinski definition) is 2. The van der Waals surface area contributed by atoms with Crippen LogP contribution in [0.3, 0.4) is 0 Å². The SMILES string of the molecule is COc1ccc2ncc(CN)c([C@H](F)CCC3(CC(=O)O)CCN(CCOc4cc(F)c(F)c(F)c4)CC3)c2c1. The molecule has 2 heterocycles. The van der Waals surface area contributed by atoms with Gasteiger partial charge < -0.3 is 20.3 Å². The van der Waals surface area contributed by atoms with Crippen LogP contribution in [0.15, 0.2) is 36.5 Å². The molecule has 216 valence electrons. The van der Waals surface area contributed by atoms with Gasteiger partial charge in [-0.1, -0.05) is 0 Å².